The van der Waals surface area contributed by atoms with Crippen molar-refractivity contribution in [2.45, 2.75) is 6.61 Å². The van der Waals surface area contributed by atoms with E-state index >= 15 is 0 Å². The lowest BCUT2D eigenvalue weighted by molar-refractivity contribution is -0.142. The van der Waals surface area contributed by atoms with Crippen LogP contribution < -0.4 is 4.74 Å². The van der Waals surface area contributed by atoms with Gasteiger partial charge in [-0.25, -0.2) is 4.79 Å². The second-order valence-corrected chi connectivity index (χ2v) is 3.63. The summed E-state index contributed by atoms with van der Waals surface area (Å²) in [6, 6.07) is 7.16. The van der Waals surface area contributed by atoms with Crippen molar-refractivity contribution in [2.24, 2.45) is 0 Å². The number of rotatable bonds is 6. The average molecular weight is 264 g/mol. The highest BCUT2D eigenvalue weighted by molar-refractivity contribution is 5.67. The van der Waals surface area contributed by atoms with Gasteiger partial charge in [-0.2, -0.15) is 4.98 Å². The van der Waals surface area contributed by atoms with Gasteiger partial charge in [0.25, 0.3) is 5.89 Å². The molecule has 0 saturated carbocycles. The van der Waals surface area contributed by atoms with Crippen LogP contribution in [0, 0.1) is 0 Å². The zero-order valence-corrected chi connectivity index (χ0v) is 10.2. The number of aromatic nitrogens is 2. The third-order valence-electron chi connectivity index (χ3n) is 2.27. The smallest absolute Gasteiger partial charge is 0.329 e. The van der Waals surface area contributed by atoms with E-state index in [9.17, 15) is 4.79 Å². The molecule has 0 unspecified atom stereocenters. The molecule has 0 bridgehead atoms. The van der Waals surface area contributed by atoms with Crippen molar-refractivity contribution in [3.05, 3.63) is 30.2 Å². The Bertz CT molecular complexity index is 550. The second-order valence-electron chi connectivity index (χ2n) is 3.63. The summed E-state index contributed by atoms with van der Waals surface area (Å²) in [5.41, 5.74) is 0.772. The van der Waals surface area contributed by atoms with Gasteiger partial charge in [-0.15, -0.1) is 0 Å². The van der Waals surface area contributed by atoms with Crippen molar-refractivity contribution in [3.8, 4) is 17.1 Å². The average Bonchev–Trinajstić information content (AvgIpc) is 2.87. The minimum absolute atomic E-state index is 0.0323. The normalized spacial score (nSPS) is 10.4. The van der Waals surface area contributed by atoms with Gasteiger partial charge in [0, 0.05) is 5.56 Å². The van der Waals surface area contributed by atoms with E-state index in [0.717, 1.165) is 11.3 Å². The number of nitrogens with zero attached hydrogens (tertiary/aromatic N) is 2. The third kappa shape index (κ3) is 3.52. The molecule has 2 aromatic rings. The molecule has 7 heteroatoms. The molecule has 0 aliphatic rings. The Morgan fingerprint density at radius 1 is 1.37 bits per heavy atom. The van der Waals surface area contributed by atoms with Crippen molar-refractivity contribution >= 4 is 5.97 Å². The first kappa shape index (κ1) is 13.0. The van der Waals surface area contributed by atoms with E-state index in [2.05, 4.69) is 10.1 Å². The Hall–Kier alpha value is -2.41. The maximum atomic E-state index is 10.3. The number of benzene rings is 1. The first-order chi connectivity index (χ1) is 9.19. The first-order valence-electron chi connectivity index (χ1n) is 5.45. The van der Waals surface area contributed by atoms with Crippen LogP contribution in [0.5, 0.6) is 5.75 Å². The van der Waals surface area contributed by atoms with E-state index in [4.69, 9.17) is 19.1 Å². The Kier molecular flexibility index (Phi) is 4.09. The SMILES string of the molecule is COc1ccc(-c2noc(COCC(=O)O)n2)cc1. The van der Waals surface area contributed by atoms with E-state index in [1.165, 1.54) is 0 Å². The molecule has 0 spiro atoms. The molecule has 0 radical (unpaired) electrons. The molecule has 1 N–H and O–H groups in total. The number of carboxylic acid groups (broad SMARTS) is 1. The Labute approximate surface area is 108 Å². The van der Waals surface area contributed by atoms with Gasteiger partial charge in [0.2, 0.25) is 5.82 Å². The molecule has 1 heterocycles. The number of aliphatic carboxylic acids is 1. The monoisotopic (exact) mass is 264 g/mol. The zero-order valence-electron chi connectivity index (χ0n) is 10.2. The van der Waals surface area contributed by atoms with E-state index in [0.29, 0.717) is 5.82 Å². The fourth-order valence-corrected chi connectivity index (χ4v) is 1.40. The predicted octanol–water partition coefficient (Wildman–Crippen LogP) is 1.35. The highest BCUT2D eigenvalue weighted by Crippen LogP contribution is 2.19. The number of hydrogen-bond acceptors (Lipinski definition) is 6. The lowest BCUT2D eigenvalue weighted by atomic mass is 10.2. The first-order valence-corrected chi connectivity index (χ1v) is 5.45. The molecule has 0 aliphatic heterocycles. The van der Waals surface area contributed by atoms with Crippen LogP contribution in [-0.2, 0) is 16.1 Å². The van der Waals surface area contributed by atoms with Crippen molar-refractivity contribution < 1.29 is 23.9 Å². The quantitative estimate of drug-likeness (QED) is 0.841. The van der Waals surface area contributed by atoms with E-state index in [1.807, 2.05) is 0 Å². The standard InChI is InChI=1S/C12H12N2O5/c1-17-9-4-2-8(3-5-9)12-13-10(19-14-12)6-18-7-11(15)16/h2-5H,6-7H2,1H3,(H,15,16). The molecule has 100 valence electrons. The van der Waals surface area contributed by atoms with Gasteiger partial charge in [0.05, 0.1) is 7.11 Å². The number of ether oxygens (including phenoxy) is 2. The summed E-state index contributed by atoms with van der Waals surface area (Å²) in [5.74, 6) is 0.329. The minimum atomic E-state index is -1.05. The number of carboxylic acids is 1. The van der Waals surface area contributed by atoms with Gasteiger partial charge in [0.1, 0.15) is 19.0 Å². The van der Waals surface area contributed by atoms with Gasteiger partial charge in [-0.3, -0.25) is 0 Å². The van der Waals surface area contributed by atoms with Crippen molar-refractivity contribution in [1.29, 1.82) is 0 Å². The summed E-state index contributed by atoms with van der Waals surface area (Å²) < 4.78 is 14.8. The van der Waals surface area contributed by atoms with Crippen LogP contribution in [0.25, 0.3) is 11.4 Å². The number of hydrogen-bond donors (Lipinski definition) is 1. The molecule has 1 aromatic heterocycles. The fraction of sp³-hybridized carbons (Fsp3) is 0.250. The van der Waals surface area contributed by atoms with E-state index in [1.54, 1.807) is 31.4 Å². The lowest BCUT2D eigenvalue weighted by Gasteiger charge is -1.98. The second kappa shape index (κ2) is 5.96. The van der Waals surface area contributed by atoms with Gasteiger partial charge in [-0.05, 0) is 24.3 Å². The number of carbonyl (C=O) groups is 1. The molecule has 0 aliphatic carbocycles. The summed E-state index contributed by atoms with van der Waals surface area (Å²) >= 11 is 0. The summed E-state index contributed by atoms with van der Waals surface area (Å²) in [7, 11) is 1.58. The largest absolute Gasteiger partial charge is 0.497 e. The van der Waals surface area contributed by atoms with E-state index in [-0.39, 0.29) is 12.5 Å². The molecular weight excluding hydrogens is 252 g/mol. The molecule has 0 fully saturated rings. The number of methoxy groups -OCH3 is 1. The van der Waals surface area contributed by atoms with Crippen LogP contribution in [0.4, 0.5) is 0 Å². The maximum absolute atomic E-state index is 10.3. The minimum Gasteiger partial charge on any atom is -0.497 e. The lowest BCUT2D eigenvalue weighted by Crippen LogP contribution is -2.06. The van der Waals surface area contributed by atoms with Gasteiger partial charge in [0.15, 0.2) is 0 Å². The van der Waals surface area contributed by atoms with E-state index < -0.39 is 12.6 Å². The summed E-state index contributed by atoms with van der Waals surface area (Å²) in [6.45, 7) is -0.435. The fourth-order valence-electron chi connectivity index (χ4n) is 1.40. The molecule has 0 atom stereocenters. The summed E-state index contributed by atoms with van der Waals surface area (Å²) in [4.78, 5) is 14.4. The summed E-state index contributed by atoms with van der Waals surface area (Å²) in [6.07, 6.45) is 0. The van der Waals surface area contributed by atoms with Crippen LogP contribution in [0.15, 0.2) is 28.8 Å². The van der Waals surface area contributed by atoms with Crippen LogP contribution in [0.2, 0.25) is 0 Å². The van der Waals surface area contributed by atoms with Crippen LogP contribution in [0.1, 0.15) is 5.89 Å². The Balaban J connectivity index is 2.01. The molecule has 2 rings (SSSR count). The predicted molar refractivity (Wildman–Crippen MR) is 63.6 cm³/mol. The maximum Gasteiger partial charge on any atom is 0.329 e. The highest BCUT2D eigenvalue weighted by Gasteiger charge is 2.09. The van der Waals surface area contributed by atoms with Crippen LogP contribution in [-0.4, -0.2) is 34.9 Å². The third-order valence-corrected chi connectivity index (χ3v) is 2.27. The van der Waals surface area contributed by atoms with Crippen LogP contribution >= 0.6 is 0 Å². The van der Waals surface area contributed by atoms with Gasteiger partial charge >= 0.3 is 5.97 Å². The van der Waals surface area contributed by atoms with Gasteiger partial charge < -0.3 is 19.1 Å². The molecular formula is C12H12N2O5. The molecule has 0 saturated heterocycles. The topological polar surface area (TPSA) is 94.7 Å². The Morgan fingerprint density at radius 2 is 2.11 bits per heavy atom. The Morgan fingerprint density at radius 3 is 2.74 bits per heavy atom. The van der Waals surface area contributed by atoms with Crippen molar-refractivity contribution in [3.63, 3.8) is 0 Å². The molecule has 19 heavy (non-hydrogen) atoms. The highest BCUT2D eigenvalue weighted by atomic mass is 16.5. The van der Waals surface area contributed by atoms with Crippen molar-refractivity contribution in [2.75, 3.05) is 13.7 Å². The molecule has 0 amide bonds. The molecule has 7 nitrogen and oxygen atoms in total. The van der Waals surface area contributed by atoms with Crippen molar-refractivity contribution in [1.82, 2.24) is 10.1 Å². The summed E-state index contributed by atoms with van der Waals surface area (Å²) in [5, 5.41) is 12.2. The molecule has 1 aromatic carbocycles. The zero-order chi connectivity index (χ0) is 13.7. The van der Waals surface area contributed by atoms with Crippen LogP contribution in [0.3, 0.4) is 0 Å². The van der Waals surface area contributed by atoms with Gasteiger partial charge in [-0.1, -0.05) is 5.16 Å².